The third-order valence-electron chi connectivity index (χ3n) is 8.51. The van der Waals surface area contributed by atoms with Crippen LogP contribution in [0.3, 0.4) is 0 Å². The molecule has 3 aliphatic carbocycles. The first-order chi connectivity index (χ1) is 18.7. The second-order valence-corrected chi connectivity index (χ2v) is 11.1. The van der Waals surface area contributed by atoms with Crippen LogP contribution in [0.4, 0.5) is 0 Å². The van der Waals surface area contributed by atoms with Crippen LogP contribution in [0.5, 0.6) is 11.5 Å². The highest BCUT2D eigenvalue weighted by atomic mass is 35.5. The molecule has 7 nitrogen and oxygen atoms in total. The van der Waals surface area contributed by atoms with Gasteiger partial charge < -0.3 is 10.2 Å². The Bertz CT molecular complexity index is 1550. The summed E-state index contributed by atoms with van der Waals surface area (Å²) in [5, 5.41) is 20.7. The number of carbonyl (C=O) groups excluding carboxylic acids is 4. The lowest BCUT2D eigenvalue weighted by Gasteiger charge is -2.42. The number of amides is 2. The number of rotatable bonds is 4. The largest absolute Gasteiger partial charge is 0.508 e. The van der Waals surface area contributed by atoms with Crippen LogP contribution >= 0.6 is 11.6 Å². The zero-order valence-electron chi connectivity index (χ0n) is 21.2. The van der Waals surface area contributed by atoms with Crippen LogP contribution in [0.1, 0.15) is 36.8 Å². The maximum Gasteiger partial charge on any atom is 0.233 e. The molecule has 1 aliphatic heterocycles. The molecule has 0 bridgehead atoms. The smallest absolute Gasteiger partial charge is 0.233 e. The van der Waals surface area contributed by atoms with E-state index >= 15 is 0 Å². The monoisotopic (exact) mass is 543 g/mol. The van der Waals surface area contributed by atoms with Crippen molar-refractivity contribution in [1.82, 2.24) is 4.90 Å². The summed E-state index contributed by atoms with van der Waals surface area (Å²) in [5.74, 6) is -3.40. The fourth-order valence-corrected chi connectivity index (χ4v) is 6.86. The first-order valence-electron chi connectivity index (χ1n) is 13.0. The molecule has 6 rings (SSSR count). The molecule has 2 amide bonds. The summed E-state index contributed by atoms with van der Waals surface area (Å²) in [6, 6.07) is 11.2. The number of hydrogen-bond acceptors (Lipinski definition) is 6. The number of halogens is 1. The predicted molar refractivity (Wildman–Crippen MR) is 143 cm³/mol. The molecule has 1 saturated heterocycles. The number of imide groups is 1. The van der Waals surface area contributed by atoms with Gasteiger partial charge in [-0.3, -0.25) is 24.1 Å². The van der Waals surface area contributed by atoms with Gasteiger partial charge in [0.2, 0.25) is 11.8 Å². The highest BCUT2D eigenvalue weighted by molar-refractivity contribution is 6.30. The molecule has 0 radical (unpaired) electrons. The van der Waals surface area contributed by atoms with Crippen molar-refractivity contribution in [2.24, 2.45) is 17.8 Å². The van der Waals surface area contributed by atoms with Crippen LogP contribution in [-0.2, 0) is 25.6 Å². The molecule has 198 valence electrons. The summed E-state index contributed by atoms with van der Waals surface area (Å²) in [4.78, 5) is 55.2. The van der Waals surface area contributed by atoms with Gasteiger partial charge in [-0.2, -0.15) is 0 Å². The molecule has 2 aromatic carbocycles. The number of phenols is 2. The first-order valence-corrected chi connectivity index (χ1v) is 13.4. The quantitative estimate of drug-likeness (QED) is 0.335. The maximum absolute atomic E-state index is 13.8. The van der Waals surface area contributed by atoms with E-state index in [1.165, 1.54) is 17.0 Å². The summed E-state index contributed by atoms with van der Waals surface area (Å²) >= 11 is 6.29. The number of benzene rings is 2. The maximum atomic E-state index is 13.8. The number of allylic oxidation sites excluding steroid dienone is 6. The topological polar surface area (TPSA) is 112 Å². The number of phenolic OH excluding ortho intramolecular Hbond substituents is 2. The summed E-state index contributed by atoms with van der Waals surface area (Å²) in [6.07, 6.45) is 4.21. The van der Waals surface area contributed by atoms with Gasteiger partial charge in [-0.25, -0.2) is 0 Å². The van der Waals surface area contributed by atoms with E-state index in [1.54, 1.807) is 43.3 Å². The Balaban J connectivity index is 1.39. The van der Waals surface area contributed by atoms with Gasteiger partial charge in [-0.1, -0.05) is 35.4 Å². The van der Waals surface area contributed by atoms with Crippen molar-refractivity contribution in [3.63, 3.8) is 0 Å². The molecule has 2 aromatic rings. The summed E-state index contributed by atoms with van der Waals surface area (Å²) < 4.78 is 0. The molecule has 4 atom stereocenters. The number of likely N-dealkylation sites (tertiary alicyclic amines) is 1. The number of ketones is 2. The standard InChI is InChI=1S/C31H26ClNO6/c1-15-12-25(36)28-23(29(15)37)14-21-19(26(28)22-13-17(32)4-9-24(22)35)7-8-20-27(21)31(39)33(30(20)38)11-10-16-2-5-18(34)6-3-16/h2-7,9,12-13,20-21,26-27,34-35H,8,10-11,14H2,1H3. The minimum atomic E-state index is -0.742. The van der Waals surface area contributed by atoms with E-state index in [-0.39, 0.29) is 47.8 Å². The normalized spacial score (nSPS) is 26.3. The Labute approximate surface area is 230 Å². The summed E-state index contributed by atoms with van der Waals surface area (Å²) in [6.45, 7) is 1.81. The minimum absolute atomic E-state index is 0.0594. The van der Waals surface area contributed by atoms with E-state index in [4.69, 9.17) is 11.6 Å². The molecule has 0 spiro atoms. The zero-order chi connectivity index (χ0) is 27.6. The van der Waals surface area contributed by atoms with Crippen LogP contribution in [0.15, 0.2) is 76.9 Å². The third kappa shape index (κ3) is 4.03. The van der Waals surface area contributed by atoms with Gasteiger partial charge in [0.1, 0.15) is 11.5 Å². The lowest BCUT2D eigenvalue weighted by atomic mass is 9.59. The number of carbonyl (C=O) groups is 4. The number of Topliss-reactive ketones (excluding diaryl/α,β-unsaturated/α-hetero) is 1. The Morgan fingerprint density at radius 2 is 1.72 bits per heavy atom. The van der Waals surface area contributed by atoms with Crippen LogP contribution in [0.25, 0.3) is 0 Å². The molecule has 39 heavy (non-hydrogen) atoms. The van der Waals surface area contributed by atoms with Crippen molar-refractivity contribution in [3.05, 3.63) is 93.1 Å². The van der Waals surface area contributed by atoms with Crippen molar-refractivity contribution in [2.75, 3.05) is 6.54 Å². The van der Waals surface area contributed by atoms with E-state index < -0.39 is 23.7 Å². The SMILES string of the molecule is CC1=CC(=O)C2=C(CC3C(=CCC4C(=O)N(CCc5ccc(O)cc5)C(=O)C43)C2c2cc(Cl)ccc2O)C1=O. The van der Waals surface area contributed by atoms with Crippen LogP contribution in [0.2, 0.25) is 5.02 Å². The van der Waals surface area contributed by atoms with E-state index in [1.807, 2.05) is 6.08 Å². The molecule has 1 fully saturated rings. The first kappa shape index (κ1) is 25.3. The Kier molecular flexibility index (Phi) is 6.07. The molecule has 0 aromatic heterocycles. The van der Waals surface area contributed by atoms with Crippen molar-refractivity contribution in [2.45, 2.75) is 32.1 Å². The summed E-state index contributed by atoms with van der Waals surface area (Å²) in [7, 11) is 0. The average molecular weight is 544 g/mol. The van der Waals surface area contributed by atoms with Crippen LogP contribution in [-0.4, -0.2) is 45.0 Å². The molecular weight excluding hydrogens is 518 g/mol. The van der Waals surface area contributed by atoms with Gasteiger partial charge in [0.15, 0.2) is 11.6 Å². The predicted octanol–water partition coefficient (Wildman–Crippen LogP) is 4.42. The number of nitrogens with zero attached hydrogens (tertiary/aromatic N) is 1. The molecule has 4 aliphatic rings. The lowest BCUT2D eigenvalue weighted by Crippen LogP contribution is -2.40. The zero-order valence-corrected chi connectivity index (χ0v) is 21.9. The number of hydrogen-bond donors (Lipinski definition) is 2. The second kappa shape index (κ2) is 9.35. The second-order valence-electron chi connectivity index (χ2n) is 10.7. The van der Waals surface area contributed by atoms with Gasteiger partial charge in [-0.15, -0.1) is 0 Å². The molecule has 4 unspecified atom stereocenters. The van der Waals surface area contributed by atoms with Gasteiger partial charge in [0, 0.05) is 39.8 Å². The Morgan fingerprint density at radius 3 is 2.46 bits per heavy atom. The van der Waals surface area contributed by atoms with Crippen LogP contribution in [0, 0.1) is 17.8 Å². The van der Waals surface area contributed by atoms with Gasteiger partial charge in [0.05, 0.1) is 11.8 Å². The van der Waals surface area contributed by atoms with Gasteiger partial charge in [-0.05, 0) is 74.1 Å². The van der Waals surface area contributed by atoms with Crippen molar-refractivity contribution in [1.29, 1.82) is 0 Å². The highest BCUT2D eigenvalue weighted by Gasteiger charge is 2.56. The Hall–Kier alpha value is -3.97. The van der Waals surface area contributed by atoms with Gasteiger partial charge >= 0.3 is 0 Å². The fraction of sp³-hybridized carbons (Fsp3) is 0.290. The van der Waals surface area contributed by atoms with Crippen molar-refractivity contribution >= 4 is 35.0 Å². The van der Waals surface area contributed by atoms with Crippen LogP contribution < -0.4 is 0 Å². The third-order valence-corrected chi connectivity index (χ3v) is 8.75. The van der Waals surface area contributed by atoms with Gasteiger partial charge in [0.25, 0.3) is 0 Å². The summed E-state index contributed by atoms with van der Waals surface area (Å²) in [5.41, 5.74) is 3.04. The van der Waals surface area contributed by atoms with E-state index in [2.05, 4.69) is 0 Å². The van der Waals surface area contributed by atoms with E-state index in [0.29, 0.717) is 40.1 Å². The molecule has 1 heterocycles. The minimum Gasteiger partial charge on any atom is -0.508 e. The fourth-order valence-electron chi connectivity index (χ4n) is 6.68. The average Bonchev–Trinajstić information content (AvgIpc) is 3.16. The van der Waals surface area contributed by atoms with E-state index in [0.717, 1.165) is 11.1 Å². The molecule has 2 N–H and O–H groups in total. The van der Waals surface area contributed by atoms with E-state index in [9.17, 15) is 29.4 Å². The molecule has 0 saturated carbocycles. The Morgan fingerprint density at radius 1 is 0.974 bits per heavy atom. The molecular formula is C31H26ClNO6. The number of fused-ring (bicyclic) bond motifs is 3. The van der Waals surface area contributed by atoms with Crippen molar-refractivity contribution < 1.29 is 29.4 Å². The lowest BCUT2D eigenvalue weighted by molar-refractivity contribution is -0.140. The molecule has 8 heteroatoms. The van der Waals surface area contributed by atoms with Crippen molar-refractivity contribution in [3.8, 4) is 11.5 Å². The number of aromatic hydroxyl groups is 2. The highest BCUT2D eigenvalue weighted by Crippen LogP contribution is 2.56.